The number of hydrogen-bond donors (Lipinski definition) is 0. The normalized spacial score (nSPS) is 11.3. The van der Waals surface area contributed by atoms with Gasteiger partial charge < -0.3 is 219 Å². The van der Waals surface area contributed by atoms with Crippen LogP contribution in [0, 0.1) is 0 Å². The molecule has 0 fully saturated rings. The largest absolute Gasteiger partial charge is 2.00 e. The first-order valence-corrected chi connectivity index (χ1v) is 48.0. The molecule has 0 saturated heterocycles. The molecule has 0 aliphatic rings. The summed E-state index contributed by atoms with van der Waals surface area (Å²) in [4.78, 5) is 0. The maximum absolute atomic E-state index is 8.52. The predicted octanol–water partition coefficient (Wildman–Crippen LogP) is -32.1. The van der Waals surface area contributed by atoms with Gasteiger partial charge in [-0.15, -0.1) is 0 Å². The van der Waals surface area contributed by atoms with Gasteiger partial charge in [0.25, 0.3) is 0 Å². The fraction of sp³-hybridized carbons (Fsp3) is 0. The van der Waals surface area contributed by atoms with Gasteiger partial charge in [0.2, 0.25) is 0 Å². The molecule has 0 aromatic carbocycles. The molecule has 0 bridgehead atoms. The molecule has 0 spiro atoms. The van der Waals surface area contributed by atoms with Crippen molar-refractivity contribution in [2.75, 3.05) is 0 Å². The molecular weight excluding hydrogens is 2470 g/mol. The molecule has 96 nitrogen and oxygen atoms in total. The SMILES string of the molecule is O=S(=O)([O-])[O-].O=S(=O)([O-])[O-].O=S(=O)([O-])[O-].O=S(=O)([O-])[O-].O=S(=O)([O-])[O-].O=S(=O)([O-])[O-].O=S(=O)([O-])[O-].O=S(=O)([O-])[O-].O=S(=O)([O-])[O-].O=S(=O)([O-])[O-].O=S(=O)([O-])[O-].O=S(=O)([O-])[O-].O=S(=O)([O-])[O-].O=S(=O)([O-])[O-].O=S(=O)([O-])[O-].O=S(=O)([O-])[O-].O=S(=O)([O-])[O-].O=S(=O)([O-])[O-].O=S(=O)([O-])[O-].O=S(=O)([O-])[O-].O=S(=O)([O-])[O-].O=S(=O)([O-])[O-].O=S(=O)([O-])[O-].O=S(=O)([O-])[O-].[Fe+2].[Fe+2].[Fe+2]. The fourth-order valence-corrected chi connectivity index (χ4v) is 0. The van der Waals surface area contributed by atoms with Crippen LogP contribution in [-0.2, 0) is 301 Å². The molecule has 0 aliphatic heterocycles. The van der Waals surface area contributed by atoms with E-state index in [1.165, 1.54) is 0 Å². The molecule has 123 heteroatoms. The van der Waals surface area contributed by atoms with E-state index in [9.17, 15) is 0 Å². The Morgan fingerprint density at radius 2 is 0.0569 bits per heavy atom. The smallest absolute Gasteiger partial charge is 0.759 e. The van der Waals surface area contributed by atoms with Gasteiger partial charge in [0.05, 0.1) is 0 Å². The number of hydrogen-bond acceptors (Lipinski definition) is 96. The summed E-state index contributed by atoms with van der Waals surface area (Å²) in [5.74, 6) is 0. The molecule has 0 rings (SSSR count). The van der Waals surface area contributed by atoms with E-state index in [1.807, 2.05) is 0 Å². The van der Waals surface area contributed by atoms with Crippen molar-refractivity contribution in [3.63, 3.8) is 0 Å². The Morgan fingerprint density at radius 1 is 0.0569 bits per heavy atom. The van der Waals surface area contributed by atoms with Gasteiger partial charge in [0.1, 0.15) is 0 Å². The Labute approximate surface area is 714 Å². The molecule has 0 unspecified atom stereocenters. The third-order valence-electron chi connectivity index (χ3n) is 0. The Kier molecular flexibility index (Phi) is 136. The van der Waals surface area contributed by atoms with Crippen LogP contribution in [0.2, 0.25) is 0 Å². The van der Waals surface area contributed by atoms with Crippen molar-refractivity contribution in [1.82, 2.24) is 0 Å². The first-order chi connectivity index (χ1) is 48.0. The van der Waals surface area contributed by atoms with Crippen molar-refractivity contribution in [3.8, 4) is 0 Å². The molecule has 0 aromatic rings. The second-order valence-corrected chi connectivity index (χ2v) is 29.4. The molecule has 123 heavy (non-hydrogen) atoms. The van der Waals surface area contributed by atoms with Gasteiger partial charge in [-0.2, -0.15) is 0 Å². The van der Waals surface area contributed by atoms with Gasteiger partial charge in [-0.3, -0.25) is 202 Å². The van der Waals surface area contributed by atoms with Crippen LogP contribution in [0.3, 0.4) is 0 Å². The molecule has 0 atom stereocenters. The van der Waals surface area contributed by atoms with Crippen molar-refractivity contribution in [2.45, 2.75) is 0 Å². The summed E-state index contributed by atoms with van der Waals surface area (Å²) in [5, 5.41) is 0. The molecule has 0 amide bonds. The molecule has 0 N–H and O–H groups in total. The molecule has 0 aliphatic carbocycles. The Balaban J connectivity index is -0.0000000312. The van der Waals surface area contributed by atoms with Crippen molar-refractivity contribution in [1.29, 1.82) is 0 Å². The summed E-state index contributed by atoms with van der Waals surface area (Å²) >= 11 is 0. The van der Waals surface area contributed by atoms with E-state index in [2.05, 4.69) is 0 Å². The summed E-state index contributed by atoms with van der Waals surface area (Å²) < 4.78 is 818. The van der Waals surface area contributed by atoms with Crippen LogP contribution in [-0.4, -0.2) is 421 Å². The molecule has 0 heterocycles. The standard InChI is InChI=1S/3Fe.24H2O4S/c;;;24*1-5(2,3)4/h;;;24*(H2,1,2,3,4)/q3*+2;;;;;;;;;;;;;;;;;;;;;;;;/p-48. The molecule has 0 radical (unpaired) electrons. The minimum absolute atomic E-state index is 0. The first kappa shape index (κ1) is 198. The minimum atomic E-state index is -5.17. The quantitative estimate of drug-likeness (QED) is 0.123. The van der Waals surface area contributed by atoms with Gasteiger partial charge in [0.15, 0.2) is 0 Å². The molecular formula is Fe3O96S24-42. The maximum atomic E-state index is 8.52. The maximum Gasteiger partial charge on any atom is 2.00 e. The summed E-state index contributed by atoms with van der Waals surface area (Å²) in [7, 11) is -124. The second kappa shape index (κ2) is 84.7. The van der Waals surface area contributed by atoms with E-state index in [-0.39, 0.29) is 51.2 Å². The monoisotopic (exact) mass is 2470 g/mol. The Morgan fingerprint density at radius 3 is 0.0569 bits per heavy atom. The average Bonchev–Trinajstić information content (AvgIpc) is 3.00. The van der Waals surface area contributed by atoms with E-state index in [0.717, 1.165) is 0 Å². The summed E-state index contributed by atoms with van der Waals surface area (Å²) in [6, 6.07) is 0. The topological polar surface area (TPSA) is 1930 Å². The summed E-state index contributed by atoms with van der Waals surface area (Å²) in [6.45, 7) is 0. The Hall–Kier alpha value is -1.56. The van der Waals surface area contributed by atoms with Gasteiger partial charge in [0, 0.05) is 250 Å². The van der Waals surface area contributed by atoms with Crippen LogP contribution in [0.25, 0.3) is 0 Å². The zero-order chi connectivity index (χ0) is 108. The minimum Gasteiger partial charge on any atom is -0.759 e. The van der Waals surface area contributed by atoms with E-state index in [1.54, 1.807) is 0 Å². The zero-order valence-electron chi connectivity index (χ0n) is 50.1. The summed E-state index contributed by atoms with van der Waals surface area (Å²) in [6.07, 6.45) is 0. The van der Waals surface area contributed by atoms with E-state index >= 15 is 0 Å². The third-order valence-corrected chi connectivity index (χ3v) is 0. The van der Waals surface area contributed by atoms with Crippen LogP contribution in [0.15, 0.2) is 0 Å². The molecule has 0 saturated carbocycles. The van der Waals surface area contributed by atoms with Gasteiger partial charge in [-0.05, 0) is 0 Å². The third kappa shape index (κ3) is 693000. The van der Waals surface area contributed by atoms with E-state index in [4.69, 9.17) is 421 Å². The van der Waals surface area contributed by atoms with Crippen LogP contribution in [0.1, 0.15) is 0 Å². The van der Waals surface area contributed by atoms with Gasteiger partial charge in [-0.1, -0.05) is 0 Å². The second-order valence-electron chi connectivity index (χ2n) is 9.80. The zero-order valence-corrected chi connectivity index (χ0v) is 73.0. The Bertz CT molecular complexity index is 3750. The van der Waals surface area contributed by atoms with Crippen molar-refractivity contribution >= 4 is 250 Å². The van der Waals surface area contributed by atoms with Crippen LogP contribution in [0.5, 0.6) is 0 Å². The average molecular weight is 2470 g/mol. The summed E-state index contributed by atoms with van der Waals surface area (Å²) in [5.41, 5.74) is 0. The predicted molar refractivity (Wildman–Crippen MR) is 251 cm³/mol. The van der Waals surface area contributed by atoms with Crippen LogP contribution >= 0.6 is 0 Å². The van der Waals surface area contributed by atoms with Crippen molar-refractivity contribution in [2.24, 2.45) is 0 Å². The fourth-order valence-electron chi connectivity index (χ4n) is 0. The van der Waals surface area contributed by atoms with Crippen molar-refractivity contribution < 1.29 is 472 Å². The molecule has 786 valence electrons. The van der Waals surface area contributed by atoms with Crippen LogP contribution < -0.4 is 0 Å². The van der Waals surface area contributed by atoms with Crippen LogP contribution in [0.4, 0.5) is 0 Å². The van der Waals surface area contributed by atoms with Gasteiger partial charge >= 0.3 is 51.2 Å². The van der Waals surface area contributed by atoms with E-state index in [0.29, 0.717) is 0 Å². The molecule has 0 aromatic heterocycles. The van der Waals surface area contributed by atoms with E-state index < -0.39 is 250 Å². The van der Waals surface area contributed by atoms with Crippen molar-refractivity contribution in [3.05, 3.63) is 0 Å². The first-order valence-electron chi connectivity index (χ1n) is 16.0. The number of rotatable bonds is 0. The van der Waals surface area contributed by atoms with Gasteiger partial charge in [-0.25, -0.2) is 0 Å².